The van der Waals surface area contributed by atoms with E-state index in [-0.39, 0.29) is 0 Å². The van der Waals surface area contributed by atoms with Gasteiger partial charge in [0.25, 0.3) is 0 Å². The highest BCUT2D eigenvalue weighted by molar-refractivity contribution is 7.99. The van der Waals surface area contributed by atoms with Crippen molar-refractivity contribution >= 4 is 28.2 Å². The molecule has 3 nitrogen and oxygen atoms in total. The third kappa shape index (κ3) is 2.33. The molecule has 0 spiro atoms. The molecule has 1 aromatic heterocycles. The van der Waals surface area contributed by atoms with Crippen molar-refractivity contribution in [1.29, 1.82) is 0 Å². The SMILES string of the molecule is CNC1CCCc2nc(N3CCSCC3)sc21. The van der Waals surface area contributed by atoms with Gasteiger partial charge in [-0.3, -0.25) is 0 Å². The number of thioether (sulfide) groups is 1. The van der Waals surface area contributed by atoms with Gasteiger partial charge < -0.3 is 10.2 Å². The lowest BCUT2D eigenvalue weighted by molar-refractivity contribution is 0.501. The molecule has 0 saturated carbocycles. The maximum absolute atomic E-state index is 4.87. The van der Waals surface area contributed by atoms with Crippen molar-refractivity contribution in [2.75, 3.05) is 36.5 Å². The van der Waals surface area contributed by atoms with Crippen LogP contribution < -0.4 is 10.2 Å². The maximum Gasteiger partial charge on any atom is 0.185 e. The standard InChI is InChI=1S/C12H19N3S2/c1-13-9-3-2-4-10-11(9)17-12(14-10)15-5-7-16-8-6-15/h9,13H,2-8H2,1H3. The highest BCUT2D eigenvalue weighted by Crippen LogP contribution is 2.37. The Morgan fingerprint density at radius 3 is 2.94 bits per heavy atom. The van der Waals surface area contributed by atoms with Crippen LogP contribution in [0.15, 0.2) is 0 Å². The quantitative estimate of drug-likeness (QED) is 0.892. The highest BCUT2D eigenvalue weighted by atomic mass is 32.2. The Balaban J connectivity index is 1.84. The van der Waals surface area contributed by atoms with Gasteiger partial charge in [-0.25, -0.2) is 4.98 Å². The molecule has 1 atom stereocenters. The van der Waals surface area contributed by atoms with Gasteiger partial charge in [0.05, 0.1) is 5.69 Å². The smallest absolute Gasteiger partial charge is 0.185 e. The van der Waals surface area contributed by atoms with Crippen molar-refractivity contribution in [1.82, 2.24) is 10.3 Å². The molecule has 0 radical (unpaired) electrons. The lowest BCUT2D eigenvalue weighted by Gasteiger charge is -2.25. The van der Waals surface area contributed by atoms with Crippen LogP contribution in [0.3, 0.4) is 0 Å². The Kier molecular flexibility index (Phi) is 3.59. The van der Waals surface area contributed by atoms with Crippen molar-refractivity contribution in [2.24, 2.45) is 0 Å². The molecule has 0 aromatic carbocycles. The van der Waals surface area contributed by atoms with Crippen LogP contribution >= 0.6 is 23.1 Å². The summed E-state index contributed by atoms with van der Waals surface area (Å²) < 4.78 is 0. The summed E-state index contributed by atoms with van der Waals surface area (Å²) in [5.41, 5.74) is 1.36. The fourth-order valence-electron chi connectivity index (χ4n) is 2.57. The van der Waals surface area contributed by atoms with Crippen molar-refractivity contribution < 1.29 is 0 Å². The molecule has 0 bridgehead atoms. The lowest BCUT2D eigenvalue weighted by Crippen LogP contribution is -2.32. The molecule has 3 rings (SSSR count). The summed E-state index contributed by atoms with van der Waals surface area (Å²) in [5.74, 6) is 2.50. The summed E-state index contributed by atoms with van der Waals surface area (Å²) >= 11 is 3.97. The minimum Gasteiger partial charge on any atom is -0.346 e. The summed E-state index contributed by atoms with van der Waals surface area (Å²) in [5, 5.41) is 4.69. The van der Waals surface area contributed by atoms with E-state index in [1.54, 1.807) is 0 Å². The molecule has 1 aromatic rings. The van der Waals surface area contributed by atoms with Crippen LogP contribution in [-0.4, -0.2) is 36.6 Å². The monoisotopic (exact) mass is 269 g/mol. The van der Waals surface area contributed by atoms with Crippen molar-refractivity contribution in [3.63, 3.8) is 0 Å². The van der Waals surface area contributed by atoms with E-state index >= 15 is 0 Å². The number of hydrogen-bond donors (Lipinski definition) is 1. The predicted octanol–water partition coefficient (Wildman–Crippen LogP) is 2.29. The van der Waals surface area contributed by atoms with Gasteiger partial charge in [0.2, 0.25) is 0 Å². The lowest BCUT2D eigenvalue weighted by atomic mass is 9.98. The number of hydrogen-bond acceptors (Lipinski definition) is 5. The van der Waals surface area contributed by atoms with E-state index in [9.17, 15) is 0 Å². The van der Waals surface area contributed by atoms with Gasteiger partial charge in [-0.15, -0.1) is 0 Å². The molecule has 0 amide bonds. The normalized spacial score (nSPS) is 24.8. The third-order valence-electron chi connectivity index (χ3n) is 3.57. The second-order valence-corrected chi connectivity index (χ2v) is 6.87. The third-order valence-corrected chi connectivity index (χ3v) is 5.78. The Bertz CT molecular complexity index is 385. The van der Waals surface area contributed by atoms with Crippen molar-refractivity contribution in [3.8, 4) is 0 Å². The van der Waals surface area contributed by atoms with Crippen LogP contribution in [0, 0.1) is 0 Å². The van der Waals surface area contributed by atoms with Gasteiger partial charge >= 0.3 is 0 Å². The highest BCUT2D eigenvalue weighted by Gasteiger charge is 2.25. The summed E-state index contributed by atoms with van der Waals surface area (Å²) in [7, 11) is 2.07. The van der Waals surface area contributed by atoms with E-state index in [4.69, 9.17) is 4.98 Å². The molecule has 2 aliphatic rings. The zero-order valence-corrected chi connectivity index (χ0v) is 11.9. The Morgan fingerprint density at radius 1 is 1.35 bits per heavy atom. The summed E-state index contributed by atoms with van der Waals surface area (Å²) in [4.78, 5) is 8.82. The minimum absolute atomic E-state index is 0.546. The first-order chi connectivity index (χ1) is 8.38. The molecule has 1 saturated heterocycles. The first-order valence-corrected chi connectivity index (χ1v) is 8.35. The first kappa shape index (κ1) is 11.8. The molecular formula is C12H19N3S2. The molecule has 94 valence electrons. The van der Waals surface area contributed by atoms with Gasteiger partial charge in [-0.2, -0.15) is 11.8 Å². The second kappa shape index (κ2) is 5.16. The number of aryl methyl sites for hydroxylation is 1. The van der Waals surface area contributed by atoms with Crippen LogP contribution in [0.1, 0.15) is 29.5 Å². The fourth-order valence-corrected chi connectivity index (χ4v) is 4.78. The topological polar surface area (TPSA) is 28.2 Å². The van der Waals surface area contributed by atoms with E-state index in [0.29, 0.717) is 6.04 Å². The van der Waals surface area contributed by atoms with Gasteiger partial charge in [0.15, 0.2) is 5.13 Å². The molecule has 17 heavy (non-hydrogen) atoms. The van der Waals surface area contributed by atoms with E-state index in [0.717, 1.165) is 0 Å². The van der Waals surface area contributed by atoms with Crippen molar-refractivity contribution in [3.05, 3.63) is 10.6 Å². The van der Waals surface area contributed by atoms with Crippen LogP contribution in [-0.2, 0) is 6.42 Å². The fraction of sp³-hybridized carbons (Fsp3) is 0.750. The largest absolute Gasteiger partial charge is 0.346 e. The predicted molar refractivity (Wildman–Crippen MR) is 76.4 cm³/mol. The molecule has 5 heteroatoms. The van der Waals surface area contributed by atoms with E-state index in [1.165, 1.54) is 59.6 Å². The molecule has 2 heterocycles. The average molecular weight is 269 g/mol. The number of fused-ring (bicyclic) bond motifs is 1. The van der Waals surface area contributed by atoms with Crippen LogP contribution in [0.4, 0.5) is 5.13 Å². The summed E-state index contributed by atoms with van der Waals surface area (Å²) in [6.45, 7) is 2.34. The summed E-state index contributed by atoms with van der Waals surface area (Å²) in [6.07, 6.45) is 3.71. The van der Waals surface area contributed by atoms with Gasteiger partial charge in [0, 0.05) is 35.5 Å². The number of nitrogens with zero attached hydrogens (tertiary/aromatic N) is 2. The van der Waals surface area contributed by atoms with E-state index < -0.39 is 0 Å². The van der Waals surface area contributed by atoms with Crippen LogP contribution in [0.25, 0.3) is 0 Å². The molecule has 1 fully saturated rings. The van der Waals surface area contributed by atoms with Gasteiger partial charge in [-0.05, 0) is 26.3 Å². The van der Waals surface area contributed by atoms with E-state index in [1.807, 2.05) is 11.3 Å². The molecular weight excluding hydrogens is 250 g/mol. The zero-order valence-electron chi connectivity index (χ0n) is 10.2. The second-order valence-electron chi connectivity index (χ2n) is 4.64. The Morgan fingerprint density at radius 2 is 2.18 bits per heavy atom. The summed E-state index contributed by atoms with van der Waals surface area (Å²) in [6, 6.07) is 0.546. The van der Waals surface area contributed by atoms with Gasteiger partial charge in [-0.1, -0.05) is 11.3 Å². The first-order valence-electron chi connectivity index (χ1n) is 6.38. The van der Waals surface area contributed by atoms with Crippen molar-refractivity contribution in [2.45, 2.75) is 25.3 Å². The van der Waals surface area contributed by atoms with E-state index in [2.05, 4.69) is 29.0 Å². The average Bonchev–Trinajstić information content (AvgIpc) is 2.83. The molecule has 1 aliphatic carbocycles. The van der Waals surface area contributed by atoms with Gasteiger partial charge in [0.1, 0.15) is 0 Å². The molecule has 1 unspecified atom stereocenters. The number of thiazole rings is 1. The number of anilines is 1. The molecule has 1 aliphatic heterocycles. The van der Waals surface area contributed by atoms with Crippen LogP contribution in [0.2, 0.25) is 0 Å². The van der Waals surface area contributed by atoms with Crippen LogP contribution in [0.5, 0.6) is 0 Å². The number of rotatable bonds is 2. The minimum atomic E-state index is 0.546. The maximum atomic E-state index is 4.87. The Labute approximate surface area is 111 Å². The molecule has 1 N–H and O–H groups in total. The zero-order chi connectivity index (χ0) is 11.7. The number of aromatic nitrogens is 1. The number of nitrogens with one attached hydrogen (secondary N) is 1. The Hall–Kier alpha value is -0.260.